The Balaban J connectivity index is 1.64. The summed E-state index contributed by atoms with van der Waals surface area (Å²) in [5.41, 5.74) is 5.95. The first-order valence-corrected chi connectivity index (χ1v) is 10.2. The molecule has 1 saturated heterocycles. The van der Waals surface area contributed by atoms with Gasteiger partial charge in [-0.2, -0.15) is 5.10 Å². The molecule has 0 unspecified atom stereocenters. The Morgan fingerprint density at radius 2 is 1.62 bits per heavy atom. The van der Waals surface area contributed by atoms with Gasteiger partial charge in [-0.3, -0.25) is 4.90 Å². The summed E-state index contributed by atoms with van der Waals surface area (Å²) in [5, 5.41) is 5.66. The lowest BCUT2D eigenvalue weighted by atomic mass is 10.1. The van der Waals surface area contributed by atoms with Crippen molar-refractivity contribution in [2.45, 2.75) is 6.54 Å². The SMILES string of the molecule is Clc1ccc(-c2nc3ccc(-c4ccccc4)nn3c2CN2CCOCC2)cc1. The van der Waals surface area contributed by atoms with Gasteiger partial charge in [-0.1, -0.05) is 54.1 Å². The molecule has 1 aliphatic heterocycles. The number of hydrogen-bond acceptors (Lipinski definition) is 4. The third kappa shape index (κ3) is 3.77. The van der Waals surface area contributed by atoms with E-state index in [1.807, 2.05) is 59.1 Å². The number of hydrogen-bond donors (Lipinski definition) is 0. The third-order valence-electron chi connectivity index (χ3n) is 5.23. The lowest BCUT2D eigenvalue weighted by molar-refractivity contribution is 0.0335. The molecule has 0 N–H and O–H groups in total. The van der Waals surface area contributed by atoms with E-state index >= 15 is 0 Å². The molecular weight excluding hydrogens is 384 g/mol. The zero-order chi connectivity index (χ0) is 19.6. The molecule has 1 fully saturated rings. The Bertz CT molecular complexity index is 1120. The number of benzene rings is 2. The minimum Gasteiger partial charge on any atom is -0.379 e. The summed E-state index contributed by atoms with van der Waals surface area (Å²) in [6.45, 7) is 4.11. The Morgan fingerprint density at radius 1 is 0.862 bits per heavy atom. The smallest absolute Gasteiger partial charge is 0.154 e. The number of rotatable bonds is 4. The topological polar surface area (TPSA) is 42.7 Å². The van der Waals surface area contributed by atoms with E-state index in [2.05, 4.69) is 17.0 Å². The van der Waals surface area contributed by atoms with E-state index < -0.39 is 0 Å². The third-order valence-corrected chi connectivity index (χ3v) is 5.49. The molecule has 0 amide bonds. The molecule has 0 radical (unpaired) electrons. The molecule has 5 nitrogen and oxygen atoms in total. The predicted molar refractivity (Wildman–Crippen MR) is 115 cm³/mol. The van der Waals surface area contributed by atoms with Crippen LogP contribution in [0, 0.1) is 0 Å². The number of imidazole rings is 1. The van der Waals surface area contributed by atoms with Crippen LogP contribution < -0.4 is 0 Å². The molecule has 0 atom stereocenters. The number of morpholine rings is 1. The average molecular weight is 405 g/mol. The van der Waals surface area contributed by atoms with Crippen molar-refractivity contribution in [1.29, 1.82) is 0 Å². The van der Waals surface area contributed by atoms with Crippen LogP contribution in [0.1, 0.15) is 5.69 Å². The maximum Gasteiger partial charge on any atom is 0.154 e. The Morgan fingerprint density at radius 3 is 2.38 bits per heavy atom. The van der Waals surface area contributed by atoms with Gasteiger partial charge in [0.05, 0.1) is 30.3 Å². The van der Waals surface area contributed by atoms with Crippen LogP contribution in [0.4, 0.5) is 0 Å². The fourth-order valence-electron chi connectivity index (χ4n) is 3.69. The molecule has 0 spiro atoms. The van der Waals surface area contributed by atoms with Crippen molar-refractivity contribution in [3.8, 4) is 22.5 Å². The number of halogens is 1. The van der Waals surface area contributed by atoms with Crippen molar-refractivity contribution in [2.24, 2.45) is 0 Å². The monoisotopic (exact) mass is 404 g/mol. The first-order chi connectivity index (χ1) is 14.3. The van der Waals surface area contributed by atoms with E-state index in [1.54, 1.807) is 0 Å². The second kappa shape index (κ2) is 7.95. The highest BCUT2D eigenvalue weighted by molar-refractivity contribution is 6.30. The molecule has 0 bridgehead atoms. The Kier molecular flexibility index (Phi) is 5.02. The average Bonchev–Trinajstić information content (AvgIpc) is 3.13. The van der Waals surface area contributed by atoms with Crippen LogP contribution in [-0.4, -0.2) is 45.8 Å². The normalized spacial score (nSPS) is 15.1. The molecule has 2 aromatic carbocycles. The zero-order valence-corrected chi connectivity index (χ0v) is 16.7. The quantitative estimate of drug-likeness (QED) is 0.500. The van der Waals surface area contributed by atoms with Crippen LogP contribution in [0.2, 0.25) is 5.02 Å². The number of aromatic nitrogens is 3. The van der Waals surface area contributed by atoms with Crippen molar-refractivity contribution in [1.82, 2.24) is 19.5 Å². The Hall–Kier alpha value is -2.73. The molecule has 3 heterocycles. The van der Waals surface area contributed by atoms with Crippen LogP contribution in [0.15, 0.2) is 66.7 Å². The first-order valence-electron chi connectivity index (χ1n) is 9.78. The van der Waals surface area contributed by atoms with Gasteiger partial charge >= 0.3 is 0 Å². The van der Waals surface area contributed by atoms with Gasteiger partial charge in [-0.15, -0.1) is 0 Å². The summed E-state index contributed by atoms with van der Waals surface area (Å²) in [5.74, 6) is 0. The van der Waals surface area contributed by atoms with E-state index in [4.69, 9.17) is 26.4 Å². The largest absolute Gasteiger partial charge is 0.379 e. The van der Waals surface area contributed by atoms with Gasteiger partial charge in [0, 0.05) is 35.8 Å². The molecule has 146 valence electrons. The number of nitrogens with zero attached hydrogens (tertiary/aromatic N) is 4. The molecule has 6 heteroatoms. The summed E-state index contributed by atoms with van der Waals surface area (Å²) < 4.78 is 7.50. The van der Waals surface area contributed by atoms with Crippen LogP contribution in [0.5, 0.6) is 0 Å². The molecule has 29 heavy (non-hydrogen) atoms. The molecule has 4 aromatic rings. The maximum absolute atomic E-state index is 6.10. The van der Waals surface area contributed by atoms with E-state index in [0.717, 1.165) is 71.7 Å². The van der Waals surface area contributed by atoms with Gasteiger partial charge in [0.2, 0.25) is 0 Å². The van der Waals surface area contributed by atoms with Crippen LogP contribution in [0.25, 0.3) is 28.2 Å². The summed E-state index contributed by atoms with van der Waals surface area (Å²) in [7, 11) is 0. The first kappa shape index (κ1) is 18.3. The molecule has 2 aromatic heterocycles. The fourth-order valence-corrected chi connectivity index (χ4v) is 3.82. The van der Waals surface area contributed by atoms with Gasteiger partial charge in [-0.05, 0) is 24.3 Å². The zero-order valence-electron chi connectivity index (χ0n) is 16.0. The summed E-state index contributed by atoms with van der Waals surface area (Å²) in [6.07, 6.45) is 0. The number of ether oxygens (including phenoxy) is 1. The lowest BCUT2D eigenvalue weighted by Gasteiger charge is -2.26. The van der Waals surface area contributed by atoms with Crippen LogP contribution >= 0.6 is 11.6 Å². The molecule has 0 saturated carbocycles. The van der Waals surface area contributed by atoms with E-state index in [-0.39, 0.29) is 0 Å². The van der Waals surface area contributed by atoms with Crippen LogP contribution in [-0.2, 0) is 11.3 Å². The van der Waals surface area contributed by atoms with E-state index in [0.29, 0.717) is 0 Å². The maximum atomic E-state index is 6.10. The summed E-state index contributed by atoms with van der Waals surface area (Å²) >= 11 is 6.10. The molecule has 1 aliphatic rings. The highest BCUT2D eigenvalue weighted by Gasteiger charge is 2.20. The minimum atomic E-state index is 0.719. The lowest BCUT2D eigenvalue weighted by Crippen LogP contribution is -2.36. The summed E-state index contributed by atoms with van der Waals surface area (Å²) in [4.78, 5) is 7.30. The Labute approximate surface area is 174 Å². The highest BCUT2D eigenvalue weighted by atomic mass is 35.5. The van der Waals surface area contributed by atoms with Crippen molar-refractivity contribution in [3.05, 3.63) is 77.4 Å². The minimum absolute atomic E-state index is 0.719. The second-order valence-electron chi connectivity index (χ2n) is 7.16. The van der Waals surface area contributed by atoms with E-state index in [1.165, 1.54) is 0 Å². The van der Waals surface area contributed by atoms with Gasteiger partial charge in [-0.25, -0.2) is 9.50 Å². The standard InChI is InChI=1S/C23H21ClN4O/c24-19-8-6-18(7-9-19)23-21(16-27-12-14-29-15-13-27)28-22(25-23)11-10-20(26-28)17-4-2-1-3-5-17/h1-11H,12-16H2. The molecular formula is C23H21ClN4O. The van der Waals surface area contributed by atoms with E-state index in [9.17, 15) is 0 Å². The van der Waals surface area contributed by atoms with Gasteiger partial charge in [0.25, 0.3) is 0 Å². The predicted octanol–water partition coefficient (Wildman–Crippen LogP) is 4.55. The van der Waals surface area contributed by atoms with Crippen molar-refractivity contribution in [3.63, 3.8) is 0 Å². The van der Waals surface area contributed by atoms with Crippen molar-refractivity contribution >= 4 is 17.2 Å². The van der Waals surface area contributed by atoms with Gasteiger partial charge < -0.3 is 4.74 Å². The van der Waals surface area contributed by atoms with Gasteiger partial charge in [0.15, 0.2) is 5.65 Å². The summed E-state index contributed by atoms with van der Waals surface area (Å²) in [6, 6.07) is 22.1. The fraction of sp³-hybridized carbons (Fsp3) is 0.217. The number of fused-ring (bicyclic) bond motifs is 1. The molecule has 5 rings (SSSR count). The van der Waals surface area contributed by atoms with Crippen molar-refractivity contribution in [2.75, 3.05) is 26.3 Å². The highest BCUT2D eigenvalue weighted by Crippen LogP contribution is 2.28. The van der Waals surface area contributed by atoms with Crippen LogP contribution in [0.3, 0.4) is 0 Å². The molecule has 0 aliphatic carbocycles. The van der Waals surface area contributed by atoms with Gasteiger partial charge in [0.1, 0.15) is 0 Å². The van der Waals surface area contributed by atoms with Crippen molar-refractivity contribution < 1.29 is 4.74 Å². The second-order valence-corrected chi connectivity index (χ2v) is 7.59.